The molecule has 0 aliphatic heterocycles. The van der Waals surface area contributed by atoms with E-state index in [1.54, 1.807) is 0 Å². The van der Waals surface area contributed by atoms with Crippen molar-refractivity contribution in [2.75, 3.05) is 19.8 Å². The molecule has 0 bridgehead atoms. The van der Waals surface area contributed by atoms with Gasteiger partial charge in [0.05, 0.1) is 16.4 Å². The van der Waals surface area contributed by atoms with Gasteiger partial charge in [-0.15, -0.1) is 0 Å². The molecule has 0 saturated heterocycles. The van der Waals surface area contributed by atoms with Gasteiger partial charge >= 0.3 is 0 Å². The third-order valence-corrected chi connectivity index (χ3v) is 4.80. The molecule has 0 aromatic heterocycles. The van der Waals surface area contributed by atoms with E-state index in [2.05, 4.69) is 4.72 Å². The monoisotopic (exact) mass is 336 g/mol. The molecule has 120 valence electrons. The first-order valence-corrected chi connectivity index (χ1v) is 9.36. The molecule has 21 heavy (non-hydrogen) atoms. The highest BCUT2D eigenvalue weighted by molar-refractivity contribution is 7.90. The van der Waals surface area contributed by atoms with Crippen molar-refractivity contribution in [1.82, 2.24) is 4.72 Å². The maximum Gasteiger partial charge on any atom is 0.240 e. The lowest BCUT2D eigenvalue weighted by molar-refractivity contribution is 0.114. The van der Waals surface area contributed by atoms with Crippen molar-refractivity contribution < 1.29 is 21.6 Å². The van der Waals surface area contributed by atoms with E-state index in [0.717, 1.165) is 6.07 Å². The lowest BCUT2D eigenvalue weighted by atomic mass is 10.2. The Bertz CT molecular complexity index is 669. The Hall–Kier alpha value is -1.00. The van der Waals surface area contributed by atoms with Gasteiger partial charge in [-0.25, -0.2) is 26.7 Å². The molecule has 0 aliphatic carbocycles. The Balaban J connectivity index is 2.71. The Morgan fingerprint density at radius 2 is 1.81 bits per heavy atom. The van der Waals surface area contributed by atoms with Crippen molar-refractivity contribution in [2.24, 2.45) is 11.1 Å². The van der Waals surface area contributed by atoms with Crippen LogP contribution in [0.15, 0.2) is 34.1 Å². The largest absolute Gasteiger partial charge is 0.380 e. The zero-order valence-corrected chi connectivity index (χ0v) is 13.6. The van der Waals surface area contributed by atoms with Gasteiger partial charge in [-0.2, -0.15) is 0 Å². The van der Waals surface area contributed by atoms with Gasteiger partial charge < -0.3 is 4.74 Å². The second-order valence-electron chi connectivity index (χ2n) is 4.89. The van der Waals surface area contributed by atoms with Gasteiger partial charge in [0.1, 0.15) is 0 Å². The summed E-state index contributed by atoms with van der Waals surface area (Å²) in [5.74, 6) is 0.369. The topological polar surface area (TPSA) is 116 Å². The van der Waals surface area contributed by atoms with Crippen molar-refractivity contribution in [2.45, 2.75) is 23.6 Å². The van der Waals surface area contributed by atoms with Crippen molar-refractivity contribution in [3.8, 4) is 0 Å². The Labute approximate surface area is 125 Å². The predicted molar refractivity (Wildman–Crippen MR) is 78.7 cm³/mol. The highest BCUT2D eigenvalue weighted by Gasteiger charge is 2.16. The fourth-order valence-corrected chi connectivity index (χ4v) is 3.16. The van der Waals surface area contributed by atoms with Crippen LogP contribution in [-0.2, 0) is 24.8 Å². The SMILES string of the molecule is CC(C)COCCNS(=O)(=O)c1cccc(S(N)(=O)=O)c1. The number of rotatable bonds is 8. The van der Waals surface area contributed by atoms with Gasteiger partial charge in [-0.1, -0.05) is 19.9 Å². The number of ether oxygens (including phenoxy) is 1. The Kier molecular flexibility index (Phi) is 6.29. The van der Waals surface area contributed by atoms with E-state index in [0.29, 0.717) is 12.5 Å². The quantitative estimate of drug-likeness (QED) is 0.662. The summed E-state index contributed by atoms with van der Waals surface area (Å²) in [7, 11) is -7.73. The number of sulfonamides is 2. The van der Waals surface area contributed by atoms with Crippen LogP contribution in [0.25, 0.3) is 0 Å². The van der Waals surface area contributed by atoms with Gasteiger partial charge in [-0.05, 0) is 24.1 Å². The molecule has 0 unspecified atom stereocenters. The maximum atomic E-state index is 12.0. The minimum absolute atomic E-state index is 0.106. The van der Waals surface area contributed by atoms with Crippen LogP contribution < -0.4 is 9.86 Å². The van der Waals surface area contributed by atoms with Gasteiger partial charge in [0.25, 0.3) is 0 Å². The van der Waals surface area contributed by atoms with Crippen LogP contribution in [0.5, 0.6) is 0 Å². The van der Waals surface area contributed by atoms with Gasteiger partial charge in [0.15, 0.2) is 0 Å². The summed E-state index contributed by atoms with van der Waals surface area (Å²) in [6.45, 7) is 4.87. The predicted octanol–water partition coefficient (Wildman–Crippen LogP) is 0.285. The first kappa shape index (κ1) is 18.1. The fraction of sp³-hybridized carbons (Fsp3) is 0.500. The summed E-state index contributed by atoms with van der Waals surface area (Å²) >= 11 is 0. The number of primary sulfonamides is 1. The third-order valence-electron chi connectivity index (χ3n) is 2.43. The average molecular weight is 336 g/mol. The van der Waals surface area contributed by atoms with E-state index < -0.39 is 20.0 Å². The van der Waals surface area contributed by atoms with Crippen molar-refractivity contribution in [3.63, 3.8) is 0 Å². The molecule has 0 aliphatic rings. The molecule has 1 rings (SSSR count). The van der Waals surface area contributed by atoms with E-state index in [-0.39, 0.29) is 22.9 Å². The molecule has 0 spiro atoms. The molecular weight excluding hydrogens is 316 g/mol. The molecule has 0 atom stereocenters. The highest BCUT2D eigenvalue weighted by atomic mass is 32.2. The molecule has 1 aromatic rings. The van der Waals surface area contributed by atoms with E-state index in [9.17, 15) is 16.8 Å². The normalized spacial score (nSPS) is 12.8. The first-order chi connectivity index (χ1) is 9.63. The molecular formula is C12H20N2O5S2. The zero-order chi connectivity index (χ0) is 16.1. The van der Waals surface area contributed by atoms with Crippen molar-refractivity contribution >= 4 is 20.0 Å². The Morgan fingerprint density at radius 3 is 2.38 bits per heavy atom. The summed E-state index contributed by atoms with van der Waals surface area (Å²) < 4.78 is 54.0. The summed E-state index contributed by atoms with van der Waals surface area (Å²) in [6.07, 6.45) is 0. The minimum atomic E-state index is -3.94. The van der Waals surface area contributed by atoms with Crippen LogP contribution in [0.1, 0.15) is 13.8 Å². The van der Waals surface area contributed by atoms with Crippen molar-refractivity contribution in [3.05, 3.63) is 24.3 Å². The number of nitrogens with two attached hydrogens (primary N) is 1. The average Bonchev–Trinajstić information content (AvgIpc) is 2.37. The molecule has 3 N–H and O–H groups in total. The van der Waals surface area contributed by atoms with Crippen LogP contribution in [0.3, 0.4) is 0 Å². The molecule has 0 heterocycles. The standard InChI is InChI=1S/C12H20N2O5S2/c1-10(2)9-19-7-6-14-21(17,18)12-5-3-4-11(8-12)20(13,15)16/h3-5,8,10,14H,6-7,9H2,1-2H3,(H2,13,15,16). The third kappa shape index (κ3) is 6.10. The Morgan fingerprint density at radius 1 is 1.19 bits per heavy atom. The molecule has 7 nitrogen and oxygen atoms in total. The number of hydrogen-bond donors (Lipinski definition) is 2. The van der Waals surface area contributed by atoms with Crippen LogP contribution in [0.2, 0.25) is 0 Å². The van der Waals surface area contributed by atoms with E-state index in [4.69, 9.17) is 9.88 Å². The summed E-state index contributed by atoms with van der Waals surface area (Å²) in [5, 5.41) is 4.97. The second-order valence-corrected chi connectivity index (χ2v) is 8.21. The summed E-state index contributed by atoms with van der Waals surface area (Å²) in [4.78, 5) is -0.403. The minimum Gasteiger partial charge on any atom is -0.380 e. The van der Waals surface area contributed by atoms with Crippen LogP contribution in [0.4, 0.5) is 0 Å². The smallest absolute Gasteiger partial charge is 0.240 e. The van der Waals surface area contributed by atoms with Gasteiger partial charge in [0, 0.05) is 13.2 Å². The second kappa shape index (κ2) is 7.32. The lowest BCUT2D eigenvalue weighted by Gasteiger charge is -2.09. The highest BCUT2D eigenvalue weighted by Crippen LogP contribution is 2.14. The number of hydrogen-bond acceptors (Lipinski definition) is 5. The zero-order valence-electron chi connectivity index (χ0n) is 11.9. The molecule has 9 heteroatoms. The lowest BCUT2D eigenvalue weighted by Crippen LogP contribution is -2.28. The fourth-order valence-electron chi connectivity index (χ4n) is 1.47. The van der Waals surface area contributed by atoms with E-state index in [1.165, 1.54) is 18.2 Å². The van der Waals surface area contributed by atoms with E-state index >= 15 is 0 Å². The molecule has 0 radical (unpaired) electrons. The molecule has 0 fully saturated rings. The molecule has 1 aromatic carbocycles. The molecule has 0 saturated carbocycles. The molecule has 0 amide bonds. The van der Waals surface area contributed by atoms with Gasteiger partial charge in [-0.3, -0.25) is 0 Å². The van der Waals surface area contributed by atoms with Crippen molar-refractivity contribution in [1.29, 1.82) is 0 Å². The van der Waals surface area contributed by atoms with Crippen LogP contribution in [-0.4, -0.2) is 36.6 Å². The van der Waals surface area contributed by atoms with E-state index in [1.807, 2.05) is 13.8 Å². The van der Waals surface area contributed by atoms with Gasteiger partial charge in [0.2, 0.25) is 20.0 Å². The first-order valence-electron chi connectivity index (χ1n) is 6.33. The summed E-state index contributed by atoms with van der Waals surface area (Å²) in [6, 6.07) is 4.88. The summed E-state index contributed by atoms with van der Waals surface area (Å²) in [5.41, 5.74) is 0. The number of benzene rings is 1. The maximum absolute atomic E-state index is 12.0. The number of nitrogens with one attached hydrogen (secondary N) is 1. The van der Waals surface area contributed by atoms with Crippen LogP contribution in [0, 0.1) is 5.92 Å². The van der Waals surface area contributed by atoms with Crippen LogP contribution >= 0.6 is 0 Å².